The van der Waals surface area contributed by atoms with Crippen LogP contribution >= 0.6 is 11.8 Å². The first-order valence-corrected chi connectivity index (χ1v) is 8.03. The van der Waals surface area contributed by atoms with E-state index in [4.69, 9.17) is 0 Å². The molecule has 1 aliphatic heterocycles. The van der Waals surface area contributed by atoms with E-state index in [-0.39, 0.29) is 23.9 Å². The Morgan fingerprint density at radius 1 is 1.59 bits per heavy atom. The summed E-state index contributed by atoms with van der Waals surface area (Å²) in [5.41, 5.74) is 1.46. The number of hydrogen-bond acceptors (Lipinski definition) is 6. The Hall–Kier alpha value is -2.09. The fourth-order valence-corrected chi connectivity index (χ4v) is 3.74. The van der Waals surface area contributed by atoms with Crippen molar-refractivity contribution in [2.75, 3.05) is 11.1 Å². The normalized spacial score (nSPS) is 16.5. The molecule has 0 aromatic carbocycles. The maximum absolute atomic E-state index is 12.6. The number of aryl methyl sites for hydroxylation is 1. The number of nitrogens with zero attached hydrogens (tertiary/aromatic N) is 3. The van der Waals surface area contributed by atoms with E-state index >= 15 is 0 Å². The highest BCUT2D eigenvalue weighted by Crippen LogP contribution is 2.32. The van der Waals surface area contributed by atoms with Crippen LogP contribution in [-0.2, 0) is 11.2 Å². The summed E-state index contributed by atoms with van der Waals surface area (Å²) in [6, 6.07) is 1.39. The minimum atomic E-state index is -0.196. The number of rotatable bonds is 4. The van der Waals surface area contributed by atoms with E-state index in [9.17, 15) is 9.59 Å². The van der Waals surface area contributed by atoms with Gasteiger partial charge in [-0.2, -0.15) is 0 Å². The molecule has 1 aliphatic rings. The molecule has 0 saturated heterocycles. The van der Waals surface area contributed by atoms with Crippen molar-refractivity contribution in [1.29, 1.82) is 0 Å². The summed E-state index contributed by atoms with van der Waals surface area (Å²) in [6.07, 6.45) is 2.24. The van der Waals surface area contributed by atoms with Crippen LogP contribution in [0.1, 0.15) is 30.6 Å². The average Bonchev–Trinajstić information content (AvgIpc) is 3.09. The number of carbonyl (C=O) groups is 1. The zero-order valence-corrected chi connectivity index (χ0v) is 13.1. The number of hydrogen-bond donors (Lipinski definition) is 1. The van der Waals surface area contributed by atoms with Crippen molar-refractivity contribution in [3.63, 3.8) is 0 Å². The number of amides is 1. The van der Waals surface area contributed by atoms with E-state index in [2.05, 4.69) is 20.0 Å². The zero-order valence-electron chi connectivity index (χ0n) is 12.3. The number of fused-ring (bicyclic) bond motifs is 1. The van der Waals surface area contributed by atoms with Gasteiger partial charge in [-0.3, -0.25) is 14.2 Å². The fraction of sp³-hybridized carbons (Fsp3) is 0.429. The Morgan fingerprint density at radius 3 is 3.09 bits per heavy atom. The lowest BCUT2D eigenvalue weighted by atomic mass is 10.1. The molecule has 1 amide bonds. The average molecular weight is 320 g/mol. The van der Waals surface area contributed by atoms with E-state index in [1.54, 1.807) is 10.6 Å². The van der Waals surface area contributed by atoms with Crippen LogP contribution in [0, 0.1) is 6.92 Å². The van der Waals surface area contributed by atoms with E-state index in [1.807, 2.05) is 13.8 Å². The first-order valence-electron chi connectivity index (χ1n) is 7.05. The molecule has 0 aliphatic carbocycles. The first kappa shape index (κ1) is 14.8. The molecular weight excluding hydrogens is 304 g/mol. The Kier molecular flexibility index (Phi) is 4.02. The molecule has 0 saturated carbocycles. The molecule has 1 N–H and O–H groups in total. The number of carbonyl (C=O) groups excluding carboxylic acids is 1. The van der Waals surface area contributed by atoms with E-state index in [0.29, 0.717) is 28.7 Å². The molecule has 2 aromatic heterocycles. The van der Waals surface area contributed by atoms with E-state index in [0.717, 1.165) is 5.69 Å². The van der Waals surface area contributed by atoms with Crippen LogP contribution in [0.5, 0.6) is 0 Å². The van der Waals surface area contributed by atoms with Gasteiger partial charge in [-0.1, -0.05) is 23.8 Å². The van der Waals surface area contributed by atoms with Crippen molar-refractivity contribution >= 4 is 23.5 Å². The summed E-state index contributed by atoms with van der Waals surface area (Å²) in [7, 11) is 0. The summed E-state index contributed by atoms with van der Waals surface area (Å²) in [4.78, 5) is 29.1. The smallest absolute Gasteiger partial charge is 0.257 e. The number of anilines is 1. The summed E-state index contributed by atoms with van der Waals surface area (Å²) in [5, 5.41) is 6.98. The standard InChI is InChI=1S/C14H16N4O3S/c1-3-10-8(2)15-14-18(13(10)20)9(7-22-14)6-12(19)16-11-4-5-21-17-11/h4-5,9H,3,6-7H2,1-2H3,(H,16,17,19). The van der Waals surface area contributed by atoms with Gasteiger partial charge in [-0.25, -0.2) is 4.98 Å². The Labute approximate surface area is 131 Å². The van der Waals surface area contributed by atoms with Gasteiger partial charge in [0.1, 0.15) is 6.26 Å². The minimum Gasteiger partial charge on any atom is -0.363 e. The Bertz CT molecular complexity index is 754. The molecule has 22 heavy (non-hydrogen) atoms. The van der Waals surface area contributed by atoms with Crippen molar-refractivity contribution in [1.82, 2.24) is 14.7 Å². The van der Waals surface area contributed by atoms with Gasteiger partial charge in [0.05, 0.1) is 6.04 Å². The summed E-state index contributed by atoms with van der Waals surface area (Å²) in [5.74, 6) is 0.846. The van der Waals surface area contributed by atoms with Gasteiger partial charge in [0, 0.05) is 29.5 Å². The minimum absolute atomic E-state index is 0.0331. The quantitative estimate of drug-likeness (QED) is 0.864. The monoisotopic (exact) mass is 320 g/mol. The van der Waals surface area contributed by atoms with Gasteiger partial charge in [0.2, 0.25) is 5.91 Å². The van der Waals surface area contributed by atoms with Gasteiger partial charge < -0.3 is 9.84 Å². The third kappa shape index (κ3) is 2.66. The lowest BCUT2D eigenvalue weighted by Crippen LogP contribution is -2.30. The number of aromatic nitrogens is 3. The molecule has 3 heterocycles. The van der Waals surface area contributed by atoms with Gasteiger partial charge in [0.15, 0.2) is 11.0 Å². The first-order chi connectivity index (χ1) is 10.6. The SMILES string of the molecule is CCc1c(C)nc2n(c1=O)C(CC(=O)Nc1ccon1)CS2. The second-order valence-electron chi connectivity index (χ2n) is 5.09. The highest BCUT2D eigenvalue weighted by atomic mass is 32.2. The largest absolute Gasteiger partial charge is 0.363 e. The van der Waals surface area contributed by atoms with Crippen molar-refractivity contribution in [2.24, 2.45) is 0 Å². The summed E-state index contributed by atoms with van der Waals surface area (Å²) >= 11 is 1.51. The molecule has 0 spiro atoms. The topological polar surface area (TPSA) is 90.0 Å². The Balaban J connectivity index is 1.82. The van der Waals surface area contributed by atoms with Crippen LogP contribution in [0.2, 0.25) is 0 Å². The fourth-order valence-electron chi connectivity index (χ4n) is 2.56. The van der Waals surface area contributed by atoms with Crippen LogP contribution in [-0.4, -0.2) is 26.4 Å². The van der Waals surface area contributed by atoms with Crippen molar-refractivity contribution in [2.45, 2.75) is 37.9 Å². The lowest BCUT2D eigenvalue weighted by Gasteiger charge is -2.14. The zero-order chi connectivity index (χ0) is 15.7. The molecule has 0 bridgehead atoms. The maximum Gasteiger partial charge on any atom is 0.257 e. The van der Waals surface area contributed by atoms with Gasteiger partial charge in [-0.05, 0) is 13.3 Å². The van der Waals surface area contributed by atoms with Gasteiger partial charge in [-0.15, -0.1) is 0 Å². The molecule has 0 fully saturated rings. The number of thioether (sulfide) groups is 1. The predicted molar refractivity (Wildman–Crippen MR) is 82.1 cm³/mol. The molecule has 1 atom stereocenters. The van der Waals surface area contributed by atoms with Gasteiger partial charge in [0.25, 0.3) is 5.56 Å². The number of nitrogens with one attached hydrogen (secondary N) is 1. The van der Waals surface area contributed by atoms with Crippen LogP contribution in [0.3, 0.4) is 0 Å². The molecule has 2 aromatic rings. The van der Waals surface area contributed by atoms with Crippen LogP contribution in [0.25, 0.3) is 0 Å². The second-order valence-corrected chi connectivity index (χ2v) is 6.08. The van der Waals surface area contributed by atoms with Crippen LogP contribution < -0.4 is 10.9 Å². The molecule has 116 valence electrons. The van der Waals surface area contributed by atoms with E-state index in [1.165, 1.54) is 18.0 Å². The molecule has 3 rings (SSSR count). The highest BCUT2D eigenvalue weighted by Gasteiger charge is 2.29. The lowest BCUT2D eigenvalue weighted by molar-refractivity contribution is -0.116. The van der Waals surface area contributed by atoms with Crippen LogP contribution in [0.15, 0.2) is 26.8 Å². The van der Waals surface area contributed by atoms with Crippen LogP contribution in [0.4, 0.5) is 5.82 Å². The Morgan fingerprint density at radius 2 is 2.41 bits per heavy atom. The molecule has 7 nitrogen and oxygen atoms in total. The van der Waals surface area contributed by atoms with Crippen molar-refractivity contribution in [3.05, 3.63) is 33.9 Å². The molecule has 8 heteroatoms. The third-order valence-corrected chi connectivity index (χ3v) is 4.73. The van der Waals surface area contributed by atoms with Gasteiger partial charge >= 0.3 is 0 Å². The highest BCUT2D eigenvalue weighted by molar-refractivity contribution is 7.99. The second kappa shape index (κ2) is 5.96. The third-order valence-electron chi connectivity index (χ3n) is 3.63. The summed E-state index contributed by atoms with van der Waals surface area (Å²) in [6.45, 7) is 3.79. The summed E-state index contributed by atoms with van der Waals surface area (Å²) < 4.78 is 6.32. The van der Waals surface area contributed by atoms with Crippen molar-refractivity contribution in [3.8, 4) is 0 Å². The van der Waals surface area contributed by atoms with Crippen molar-refractivity contribution < 1.29 is 9.32 Å². The predicted octanol–water partition coefficient (Wildman–Crippen LogP) is 1.78. The molecule has 1 unspecified atom stereocenters. The maximum atomic E-state index is 12.6. The molecule has 0 radical (unpaired) electrons. The molecular formula is C14H16N4O3S. The van der Waals surface area contributed by atoms with E-state index < -0.39 is 0 Å².